The number of hydrogen-bond donors (Lipinski definition) is 2. The minimum Gasteiger partial charge on any atom is -0.451 e. The van der Waals surface area contributed by atoms with E-state index >= 15 is 0 Å². The molecule has 0 aliphatic heterocycles. The first-order valence-electron chi connectivity index (χ1n) is 10.6. The highest BCUT2D eigenvalue weighted by Gasteiger charge is 2.20. The summed E-state index contributed by atoms with van der Waals surface area (Å²) in [5.41, 5.74) is 2.90. The fraction of sp³-hybridized carbons (Fsp3) is 0.292. The first-order valence-corrected chi connectivity index (χ1v) is 10.6. The van der Waals surface area contributed by atoms with E-state index in [2.05, 4.69) is 27.9 Å². The molecule has 0 radical (unpaired) electrons. The van der Waals surface area contributed by atoms with Gasteiger partial charge < -0.3 is 19.5 Å². The van der Waals surface area contributed by atoms with Crippen molar-refractivity contribution in [3.8, 4) is 0 Å². The fourth-order valence-corrected chi connectivity index (χ4v) is 3.70. The number of amides is 1. The zero-order valence-electron chi connectivity index (χ0n) is 17.1. The number of nitrogens with one attached hydrogen (secondary N) is 2. The van der Waals surface area contributed by atoms with Gasteiger partial charge >= 0.3 is 0 Å². The predicted octanol–water partition coefficient (Wildman–Crippen LogP) is 3.26. The van der Waals surface area contributed by atoms with E-state index in [0.29, 0.717) is 11.0 Å². The van der Waals surface area contributed by atoms with Gasteiger partial charge in [0.2, 0.25) is 0 Å². The minimum absolute atomic E-state index is 0.00739. The van der Waals surface area contributed by atoms with Crippen LogP contribution < -0.4 is 16.1 Å². The first kappa shape index (κ1) is 19.5. The third-order valence-electron chi connectivity index (χ3n) is 5.61. The summed E-state index contributed by atoms with van der Waals surface area (Å²) in [4.78, 5) is 29.2. The SMILES string of the molecule is O=C(NCc1cn2cc(CNCCC3CC3)ccc2n1)c1cc(=O)c2ccccc2o1. The molecule has 1 saturated carbocycles. The van der Waals surface area contributed by atoms with Crippen LogP contribution in [-0.4, -0.2) is 21.8 Å². The van der Waals surface area contributed by atoms with Crippen LogP contribution in [0.25, 0.3) is 16.6 Å². The quantitative estimate of drug-likeness (QED) is 0.431. The average Bonchev–Trinajstić information content (AvgIpc) is 3.52. The van der Waals surface area contributed by atoms with Gasteiger partial charge in [0.1, 0.15) is 11.2 Å². The third kappa shape index (κ3) is 4.51. The highest BCUT2D eigenvalue weighted by Crippen LogP contribution is 2.31. The Morgan fingerprint density at radius 2 is 2.00 bits per heavy atom. The van der Waals surface area contributed by atoms with Crippen LogP contribution in [0.3, 0.4) is 0 Å². The molecule has 1 aromatic carbocycles. The molecule has 3 aromatic heterocycles. The highest BCUT2D eigenvalue weighted by atomic mass is 16.3. The zero-order chi connectivity index (χ0) is 21.2. The van der Waals surface area contributed by atoms with Crippen molar-refractivity contribution in [3.63, 3.8) is 0 Å². The largest absolute Gasteiger partial charge is 0.451 e. The van der Waals surface area contributed by atoms with Crippen molar-refractivity contribution in [2.75, 3.05) is 6.54 Å². The van der Waals surface area contributed by atoms with E-state index in [9.17, 15) is 9.59 Å². The second-order valence-corrected chi connectivity index (χ2v) is 8.10. The molecule has 1 aliphatic rings. The van der Waals surface area contributed by atoms with Gasteiger partial charge in [-0.1, -0.05) is 31.0 Å². The number of rotatable bonds is 8. The molecule has 0 bridgehead atoms. The van der Waals surface area contributed by atoms with Crippen LogP contribution in [0.2, 0.25) is 0 Å². The number of benzene rings is 1. The molecule has 7 nitrogen and oxygen atoms in total. The number of carbonyl (C=O) groups excluding carboxylic acids is 1. The molecule has 4 aromatic rings. The molecule has 31 heavy (non-hydrogen) atoms. The maximum atomic E-state index is 12.5. The number of imidazole rings is 1. The smallest absolute Gasteiger partial charge is 0.287 e. The van der Waals surface area contributed by atoms with Gasteiger partial charge in [0.05, 0.1) is 17.6 Å². The van der Waals surface area contributed by atoms with Crippen molar-refractivity contribution in [2.45, 2.75) is 32.4 Å². The average molecular weight is 416 g/mol. The van der Waals surface area contributed by atoms with Crippen LogP contribution in [0, 0.1) is 5.92 Å². The van der Waals surface area contributed by atoms with Gasteiger partial charge in [0, 0.05) is 25.0 Å². The number of para-hydroxylation sites is 1. The van der Waals surface area contributed by atoms with Crippen molar-refractivity contribution < 1.29 is 9.21 Å². The summed E-state index contributed by atoms with van der Waals surface area (Å²) in [7, 11) is 0. The van der Waals surface area contributed by atoms with Crippen LogP contribution in [0.4, 0.5) is 0 Å². The Morgan fingerprint density at radius 1 is 1.13 bits per heavy atom. The molecule has 0 atom stereocenters. The molecule has 2 N–H and O–H groups in total. The van der Waals surface area contributed by atoms with E-state index < -0.39 is 5.91 Å². The van der Waals surface area contributed by atoms with Crippen molar-refractivity contribution in [2.24, 2.45) is 5.92 Å². The van der Waals surface area contributed by atoms with Crippen LogP contribution in [0.5, 0.6) is 0 Å². The van der Waals surface area contributed by atoms with Crippen molar-refractivity contribution in [3.05, 3.63) is 82.1 Å². The van der Waals surface area contributed by atoms with Gasteiger partial charge in [-0.25, -0.2) is 4.98 Å². The minimum atomic E-state index is -0.444. The fourth-order valence-electron chi connectivity index (χ4n) is 3.70. The van der Waals surface area contributed by atoms with Gasteiger partial charge in [-0.05, 0) is 42.6 Å². The van der Waals surface area contributed by atoms with Crippen LogP contribution in [0.15, 0.2) is 64.1 Å². The summed E-state index contributed by atoms with van der Waals surface area (Å²) in [6, 6.07) is 12.1. The molecule has 1 fully saturated rings. The maximum absolute atomic E-state index is 12.5. The van der Waals surface area contributed by atoms with Crippen LogP contribution >= 0.6 is 0 Å². The van der Waals surface area contributed by atoms with Crippen molar-refractivity contribution >= 4 is 22.5 Å². The first-order chi connectivity index (χ1) is 15.2. The van der Waals surface area contributed by atoms with Crippen molar-refractivity contribution in [1.29, 1.82) is 0 Å². The Hall–Kier alpha value is -3.45. The van der Waals surface area contributed by atoms with Crippen LogP contribution in [0.1, 0.15) is 41.1 Å². The predicted molar refractivity (Wildman–Crippen MR) is 118 cm³/mol. The van der Waals surface area contributed by atoms with Crippen molar-refractivity contribution in [1.82, 2.24) is 20.0 Å². The normalized spacial score (nSPS) is 13.7. The molecular weight excluding hydrogens is 392 g/mol. The van der Waals surface area contributed by atoms with E-state index in [1.165, 1.54) is 30.9 Å². The van der Waals surface area contributed by atoms with E-state index in [1.54, 1.807) is 24.3 Å². The molecule has 158 valence electrons. The van der Waals surface area contributed by atoms with E-state index in [0.717, 1.165) is 30.3 Å². The summed E-state index contributed by atoms with van der Waals surface area (Å²) in [6.07, 6.45) is 7.98. The van der Waals surface area contributed by atoms with Gasteiger partial charge in [0.15, 0.2) is 11.2 Å². The monoisotopic (exact) mass is 416 g/mol. The van der Waals surface area contributed by atoms with E-state index in [1.807, 2.05) is 16.7 Å². The summed E-state index contributed by atoms with van der Waals surface area (Å²) < 4.78 is 7.56. The van der Waals surface area contributed by atoms with Crippen LogP contribution in [-0.2, 0) is 13.1 Å². The lowest BCUT2D eigenvalue weighted by molar-refractivity contribution is 0.0923. The second-order valence-electron chi connectivity index (χ2n) is 8.10. The Labute approximate surface area is 179 Å². The summed E-state index contributed by atoms with van der Waals surface area (Å²) in [5, 5.41) is 6.73. The highest BCUT2D eigenvalue weighted by molar-refractivity contribution is 5.93. The van der Waals surface area contributed by atoms with Gasteiger partial charge in [0.25, 0.3) is 5.91 Å². The molecule has 0 saturated heterocycles. The van der Waals surface area contributed by atoms with E-state index in [-0.39, 0.29) is 17.7 Å². The lowest BCUT2D eigenvalue weighted by Crippen LogP contribution is -2.24. The standard InChI is InChI=1S/C24H24N4O3/c29-20-11-22(31-21-4-2-1-3-19(20)21)24(30)26-13-18-15-28-14-17(7-8-23(28)27-18)12-25-10-9-16-5-6-16/h1-4,7-8,11,14-16,25H,5-6,9-10,12-13H2,(H,26,30). The number of aromatic nitrogens is 2. The maximum Gasteiger partial charge on any atom is 0.287 e. The van der Waals surface area contributed by atoms with Gasteiger partial charge in [-0.15, -0.1) is 0 Å². The number of hydrogen-bond acceptors (Lipinski definition) is 5. The summed E-state index contributed by atoms with van der Waals surface area (Å²) in [6.45, 7) is 2.12. The number of fused-ring (bicyclic) bond motifs is 2. The lowest BCUT2D eigenvalue weighted by Gasteiger charge is -2.04. The summed E-state index contributed by atoms with van der Waals surface area (Å²) in [5.74, 6) is 0.483. The summed E-state index contributed by atoms with van der Waals surface area (Å²) >= 11 is 0. The number of pyridine rings is 1. The molecule has 7 heteroatoms. The Morgan fingerprint density at radius 3 is 2.87 bits per heavy atom. The Kier molecular flexibility index (Phi) is 5.26. The topological polar surface area (TPSA) is 88.6 Å². The molecule has 3 heterocycles. The number of carbonyl (C=O) groups is 1. The molecule has 1 amide bonds. The molecular formula is C24H24N4O3. The number of nitrogens with zero attached hydrogens (tertiary/aromatic N) is 2. The van der Waals surface area contributed by atoms with E-state index in [4.69, 9.17) is 4.42 Å². The zero-order valence-corrected chi connectivity index (χ0v) is 17.1. The second kappa shape index (κ2) is 8.35. The van der Waals surface area contributed by atoms with Gasteiger partial charge in [-0.3, -0.25) is 9.59 Å². The lowest BCUT2D eigenvalue weighted by atomic mass is 10.2. The molecule has 1 aliphatic carbocycles. The Balaban J connectivity index is 1.22. The Bertz CT molecular complexity index is 1300. The molecule has 0 unspecified atom stereocenters. The molecule has 0 spiro atoms. The molecule has 5 rings (SSSR count). The third-order valence-corrected chi connectivity index (χ3v) is 5.61. The van der Waals surface area contributed by atoms with Gasteiger partial charge in [-0.2, -0.15) is 0 Å².